The first-order valence-electron chi connectivity index (χ1n) is 5.01. The van der Waals surface area contributed by atoms with E-state index in [-0.39, 0.29) is 0 Å². The molecule has 0 aliphatic rings. The van der Waals surface area contributed by atoms with E-state index < -0.39 is 6.03 Å². The molecule has 0 aliphatic carbocycles. The molecule has 0 aromatic heterocycles. The second-order valence-electron chi connectivity index (χ2n) is 3.03. The van der Waals surface area contributed by atoms with E-state index in [0.717, 1.165) is 6.42 Å². The largest absolute Gasteiger partial charge is 0.350 e. The molecule has 0 aliphatic heterocycles. The first-order chi connectivity index (χ1) is 6.77. The fourth-order valence-electron chi connectivity index (χ4n) is 0.990. The fourth-order valence-corrected chi connectivity index (χ4v) is 0.990. The predicted octanol–water partition coefficient (Wildman–Crippen LogP) is 2.17. The third-order valence-electron chi connectivity index (χ3n) is 1.70. The SMILES string of the molecule is CCCCCC/C=C/C=N/NC(N)=O. The minimum atomic E-state index is -0.641. The van der Waals surface area contributed by atoms with Crippen LogP contribution in [0.4, 0.5) is 4.79 Å². The number of carbonyl (C=O) groups is 1. The van der Waals surface area contributed by atoms with Crippen LogP contribution in [0.1, 0.15) is 39.0 Å². The smallest absolute Gasteiger partial charge is 0.332 e. The number of hydrazone groups is 1. The van der Waals surface area contributed by atoms with Gasteiger partial charge in [0.05, 0.1) is 0 Å². The van der Waals surface area contributed by atoms with Gasteiger partial charge in [0, 0.05) is 6.21 Å². The Kier molecular flexibility index (Phi) is 8.84. The van der Waals surface area contributed by atoms with Gasteiger partial charge in [0.1, 0.15) is 0 Å². The minimum Gasteiger partial charge on any atom is -0.350 e. The molecule has 0 aromatic rings. The van der Waals surface area contributed by atoms with Gasteiger partial charge in [-0.15, -0.1) is 0 Å². The number of hydrogen-bond donors (Lipinski definition) is 2. The lowest BCUT2D eigenvalue weighted by molar-refractivity contribution is 0.249. The van der Waals surface area contributed by atoms with Crippen molar-refractivity contribution in [2.24, 2.45) is 10.8 Å². The lowest BCUT2D eigenvalue weighted by atomic mass is 10.1. The number of nitrogens with two attached hydrogens (primary N) is 1. The van der Waals surface area contributed by atoms with Gasteiger partial charge < -0.3 is 5.73 Å². The number of allylic oxidation sites excluding steroid dienone is 2. The van der Waals surface area contributed by atoms with Gasteiger partial charge >= 0.3 is 6.03 Å². The van der Waals surface area contributed by atoms with Crippen LogP contribution in [0.2, 0.25) is 0 Å². The second-order valence-corrected chi connectivity index (χ2v) is 3.03. The van der Waals surface area contributed by atoms with Gasteiger partial charge in [0.25, 0.3) is 0 Å². The molecule has 0 saturated carbocycles. The molecule has 2 amide bonds. The Morgan fingerprint density at radius 2 is 2.21 bits per heavy atom. The molecule has 0 unspecified atom stereocenters. The molecule has 0 heterocycles. The first kappa shape index (κ1) is 12.7. The lowest BCUT2D eigenvalue weighted by Gasteiger charge is -1.93. The second kappa shape index (κ2) is 9.77. The highest BCUT2D eigenvalue weighted by molar-refractivity contribution is 5.75. The molecular weight excluding hydrogens is 178 g/mol. The Bertz CT molecular complexity index is 200. The number of primary amides is 1. The van der Waals surface area contributed by atoms with Crippen LogP contribution in [0.3, 0.4) is 0 Å². The quantitative estimate of drug-likeness (QED) is 0.366. The summed E-state index contributed by atoms with van der Waals surface area (Å²) in [5.74, 6) is 0. The van der Waals surface area contributed by atoms with Crippen molar-refractivity contribution in [3.05, 3.63) is 12.2 Å². The first-order valence-corrected chi connectivity index (χ1v) is 5.01. The minimum absolute atomic E-state index is 0.641. The standard InChI is InChI=1S/C10H19N3O/c1-2-3-4-5-6-7-8-9-12-13-10(11)14/h7-9H,2-6H2,1H3,(H3,11,13,14)/b8-7+,12-9+. The summed E-state index contributed by atoms with van der Waals surface area (Å²) in [5, 5.41) is 3.57. The highest BCUT2D eigenvalue weighted by Crippen LogP contribution is 2.02. The average Bonchev–Trinajstić information content (AvgIpc) is 2.15. The summed E-state index contributed by atoms with van der Waals surface area (Å²) >= 11 is 0. The Morgan fingerprint density at radius 3 is 2.86 bits per heavy atom. The molecule has 0 bridgehead atoms. The van der Waals surface area contributed by atoms with E-state index in [1.807, 2.05) is 12.2 Å². The third kappa shape index (κ3) is 10.7. The zero-order chi connectivity index (χ0) is 10.6. The number of unbranched alkanes of at least 4 members (excludes halogenated alkanes) is 4. The van der Waals surface area contributed by atoms with E-state index in [2.05, 4.69) is 17.5 Å². The van der Waals surface area contributed by atoms with Crippen molar-refractivity contribution in [1.29, 1.82) is 0 Å². The zero-order valence-electron chi connectivity index (χ0n) is 8.70. The normalized spacial score (nSPS) is 11.2. The molecule has 0 saturated heterocycles. The zero-order valence-corrected chi connectivity index (χ0v) is 8.70. The maximum absolute atomic E-state index is 10.2. The maximum Gasteiger partial charge on any atom is 0.332 e. The summed E-state index contributed by atoms with van der Waals surface area (Å²) in [6.45, 7) is 2.19. The predicted molar refractivity (Wildman–Crippen MR) is 59.1 cm³/mol. The van der Waals surface area contributed by atoms with E-state index in [1.54, 1.807) is 0 Å². The Balaban J connectivity index is 3.26. The Labute approximate surface area is 85.3 Å². The molecule has 4 heteroatoms. The molecule has 80 valence electrons. The van der Waals surface area contributed by atoms with Crippen molar-refractivity contribution in [3.8, 4) is 0 Å². The molecule has 0 aromatic carbocycles. The average molecular weight is 197 g/mol. The Morgan fingerprint density at radius 1 is 1.43 bits per heavy atom. The van der Waals surface area contributed by atoms with Crippen LogP contribution in [0.5, 0.6) is 0 Å². The number of carbonyl (C=O) groups excluding carboxylic acids is 1. The van der Waals surface area contributed by atoms with Crippen molar-refractivity contribution in [2.45, 2.75) is 39.0 Å². The molecule has 0 fully saturated rings. The number of nitrogens with one attached hydrogen (secondary N) is 1. The van der Waals surface area contributed by atoms with Crippen molar-refractivity contribution < 1.29 is 4.79 Å². The van der Waals surface area contributed by atoms with E-state index in [0.29, 0.717) is 0 Å². The van der Waals surface area contributed by atoms with Crippen LogP contribution >= 0.6 is 0 Å². The van der Waals surface area contributed by atoms with Crippen molar-refractivity contribution in [2.75, 3.05) is 0 Å². The number of hydrogen-bond acceptors (Lipinski definition) is 2. The van der Waals surface area contributed by atoms with Crippen molar-refractivity contribution in [3.63, 3.8) is 0 Å². The molecular formula is C10H19N3O. The summed E-state index contributed by atoms with van der Waals surface area (Å²) in [5.41, 5.74) is 6.91. The summed E-state index contributed by atoms with van der Waals surface area (Å²) in [6.07, 6.45) is 11.5. The van der Waals surface area contributed by atoms with Gasteiger partial charge in [0.2, 0.25) is 0 Å². The van der Waals surface area contributed by atoms with Crippen molar-refractivity contribution >= 4 is 12.2 Å². The number of urea groups is 1. The molecule has 4 nitrogen and oxygen atoms in total. The van der Waals surface area contributed by atoms with E-state index >= 15 is 0 Å². The van der Waals surface area contributed by atoms with Crippen LogP contribution in [0.15, 0.2) is 17.3 Å². The summed E-state index contributed by atoms with van der Waals surface area (Å²) in [6, 6.07) is -0.641. The highest BCUT2D eigenvalue weighted by atomic mass is 16.2. The van der Waals surface area contributed by atoms with Gasteiger partial charge in [-0.3, -0.25) is 0 Å². The van der Waals surface area contributed by atoms with Gasteiger partial charge in [-0.05, 0) is 18.9 Å². The fraction of sp³-hybridized carbons (Fsp3) is 0.600. The highest BCUT2D eigenvalue weighted by Gasteiger charge is 1.83. The van der Waals surface area contributed by atoms with Crippen molar-refractivity contribution in [1.82, 2.24) is 5.43 Å². The molecule has 3 N–H and O–H groups in total. The van der Waals surface area contributed by atoms with Crippen LogP contribution in [-0.2, 0) is 0 Å². The third-order valence-corrected chi connectivity index (χ3v) is 1.70. The van der Waals surface area contributed by atoms with Crippen LogP contribution in [0.25, 0.3) is 0 Å². The van der Waals surface area contributed by atoms with Gasteiger partial charge in [-0.2, -0.15) is 5.10 Å². The van der Waals surface area contributed by atoms with Crippen LogP contribution in [-0.4, -0.2) is 12.2 Å². The van der Waals surface area contributed by atoms with Crippen LogP contribution in [0, 0.1) is 0 Å². The topological polar surface area (TPSA) is 67.5 Å². The molecule has 14 heavy (non-hydrogen) atoms. The van der Waals surface area contributed by atoms with Gasteiger partial charge in [0.15, 0.2) is 0 Å². The molecule has 0 atom stereocenters. The van der Waals surface area contributed by atoms with E-state index in [1.165, 1.54) is 31.9 Å². The number of nitrogens with zero attached hydrogens (tertiary/aromatic N) is 1. The number of amides is 2. The number of rotatable bonds is 7. The van der Waals surface area contributed by atoms with Crippen LogP contribution < -0.4 is 11.2 Å². The van der Waals surface area contributed by atoms with Gasteiger partial charge in [-0.25, -0.2) is 10.2 Å². The molecule has 0 spiro atoms. The monoisotopic (exact) mass is 197 g/mol. The maximum atomic E-state index is 10.2. The molecule has 0 radical (unpaired) electrons. The lowest BCUT2D eigenvalue weighted by Crippen LogP contribution is -2.24. The van der Waals surface area contributed by atoms with E-state index in [4.69, 9.17) is 5.73 Å². The summed E-state index contributed by atoms with van der Waals surface area (Å²) < 4.78 is 0. The summed E-state index contributed by atoms with van der Waals surface area (Å²) in [7, 11) is 0. The van der Waals surface area contributed by atoms with E-state index in [9.17, 15) is 4.79 Å². The van der Waals surface area contributed by atoms with Gasteiger partial charge in [-0.1, -0.05) is 32.3 Å². The Hall–Kier alpha value is -1.32. The molecule has 0 rings (SSSR count). The summed E-state index contributed by atoms with van der Waals surface area (Å²) in [4.78, 5) is 10.2.